The van der Waals surface area contributed by atoms with Crippen molar-refractivity contribution in [3.63, 3.8) is 0 Å². The molecule has 0 bridgehead atoms. The molecule has 3 atom stereocenters. The Labute approximate surface area is 200 Å². The molecule has 2 heterocycles. The summed E-state index contributed by atoms with van der Waals surface area (Å²) >= 11 is 0. The molecule has 1 aromatic heterocycles. The number of pyridine rings is 1. The summed E-state index contributed by atoms with van der Waals surface area (Å²) in [6.45, 7) is 2.31. The second kappa shape index (κ2) is 13.2. The van der Waals surface area contributed by atoms with Crippen molar-refractivity contribution in [3.8, 4) is 0 Å². The van der Waals surface area contributed by atoms with E-state index in [1.807, 2.05) is 18.2 Å². The van der Waals surface area contributed by atoms with Crippen molar-refractivity contribution in [1.82, 2.24) is 20.9 Å². The number of nitrogen functional groups attached to an aromatic ring is 1. The van der Waals surface area contributed by atoms with Gasteiger partial charge in [-0.25, -0.2) is 4.98 Å². The summed E-state index contributed by atoms with van der Waals surface area (Å²) < 4.78 is 0. The van der Waals surface area contributed by atoms with Gasteiger partial charge in [0.15, 0.2) is 0 Å². The normalized spacial score (nSPS) is 18.1. The van der Waals surface area contributed by atoms with E-state index in [1.54, 1.807) is 19.1 Å². The minimum absolute atomic E-state index is 0. The number of hydrogen-bond acceptors (Lipinski definition) is 6. The fourth-order valence-electron chi connectivity index (χ4n) is 3.68. The predicted octanol–water partition coefficient (Wildman–Crippen LogP) is 1.13. The molecule has 0 saturated carbocycles. The number of aryl methyl sites for hydroxylation is 1. The van der Waals surface area contributed by atoms with E-state index < -0.39 is 18.6 Å². The van der Waals surface area contributed by atoms with Crippen LogP contribution >= 0.6 is 24.8 Å². The van der Waals surface area contributed by atoms with Crippen molar-refractivity contribution in [2.24, 2.45) is 5.92 Å². The van der Waals surface area contributed by atoms with Crippen LogP contribution < -0.4 is 21.7 Å². The van der Waals surface area contributed by atoms with Gasteiger partial charge in [-0.3, -0.25) is 9.59 Å². The Hall–Kier alpha value is -2.39. The maximum Gasteiger partial charge on any atom is 0.245 e. The Balaban J connectivity index is 0.00000256. The van der Waals surface area contributed by atoms with Crippen LogP contribution in [0.2, 0.25) is 0 Å². The van der Waals surface area contributed by atoms with Crippen LogP contribution in [0.4, 0.5) is 5.82 Å². The molecule has 1 saturated heterocycles. The molecule has 32 heavy (non-hydrogen) atoms. The molecule has 0 aliphatic carbocycles. The molecule has 0 spiro atoms. The van der Waals surface area contributed by atoms with Gasteiger partial charge in [0.2, 0.25) is 11.8 Å². The third kappa shape index (κ3) is 7.63. The van der Waals surface area contributed by atoms with Crippen LogP contribution in [-0.2, 0) is 22.6 Å². The molecule has 6 N–H and O–H groups in total. The molecule has 2 amide bonds. The number of benzene rings is 1. The summed E-state index contributed by atoms with van der Waals surface area (Å²) in [7, 11) is 0. The first kappa shape index (κ1) is 27.6. The van der Waals surface area contributed by atoms with Gasteiger partial charge in [-0.2, -0.15) is 0 Å². The summed E-state index contributed by atoms with van der Waals surface area (Å²) in [4.78, 5) is 29.2. The van der Waals surface area contributed by atoms with Gasteiger partial charge in [0.05, 0.1) is 12.6 Å². The highest BCUT2D eigenvalue weighted by atomic mass is 35.5. The molecule has 1 aromatic carbocycles. The van der Waals surface area contributed by atoms with Crippen molar-refractivity contribution in [1.29, 1.82) is 0 Å². The third-order valence-electron chi connectivity index (χ3n) is 5.39. The topological polar surface area (TPSA) is 129 Å². The number of hydrogen-bond donors (Lipinski definition) is 5. The fourth-order valence-corrected chi connectivity index (χ4v) is 3.68. The van der Waals surface area contributed by atoms with Crippen LogP contribution in [0.3, 0.4) is 0 Å². The van der Waals surface area contributed by atoms with Gasteiger partial charge in [0, 0.05) is 12.2 Å². The summed E-state index contributed by atoms with van der Waals surface area (Å²) in [5, 5.41) is 18.2. The molecule has 1 aliphatic heterocycles. The van der Waals surface area contributed by atoms with Crippen molar-refractivity contribution in [2.75, 3.05) is 18.9 Å². The SMILES string of the molecule is Cc1nc(N)ccc1CNC(=O)[C@H](CO)NC(=O)[C@H]1C[C@H](Cc2ccccc2)CN1.Cl.Cl. The highest BCUT2D eigenvalue weighted by Gasteiger charge is 2.31. The smallest absolute Gasteiger partial charge is 0.245 e. The standard InChI is InChI=1S/C22H29N5O3.2ClH/c1-14-17(7-8-20(23)26-14)12-25-21(29)19(13-28)27-22(30)18-10-16(11-24-18)9-15-5-3-2-4-6-15;;/h2-8,16,18-19,24,28H,9-13H2,1H3,(H2,23,26)(H,25,29)(H,27,30);2*1H/t16-,18+,19-;;/m0../s1. The number of aromatic nitrogens is 1. The van der Waals surface area contributed by atoms with Gasteiger partial charge in [0.1, 0.15) is 11.9 Å². The average Bonchev–Trinajstić information content (AvgIpc) is 3.20. The van der Waals surface area contributed by atoms with Crippen LogP contribution in [0.25, 0.3) is 0 Å². The van der Waals surface area contributed by atoms with E-state index in [4.69, 9.17) is 5.73 Å². The largest absolute Gasteiger partial charge is 0.394 e. The fraction of sp³-hybridized carbons (Fsp3) is 0.409. The average molecular weight is 484 g/mol. The zero-order valence-corrected chi connectivity index (χ0v) is 19.5. The quantitative estimate of drug-likeness (QED) is 0.382. The van der Waals surface area contributed by atoms with E-state index >= 15 is 0 Å². The number of amides is 2. The highest BCUT2D eigenvalue weighted by Crippen LogP contribution is 2.19. The van der Waals surface area contributed by atoms with Gasteiger partial charge in [0.25, 0.3) is 0 Å². The lowest BCUT2D eigenvalue weighted by molar-refractivity contribution is -0.130. The number of carbonyl (C=O) groups excluding carboxylic acids is 2. The molecule has 176 valence electrons. The first-order chi connectivity index (χ1) is 14.5. The summed E-state index contributed by atoms with van der Waals surface area (Å²) in [6.07, 6.45) is 1.59. The molecule has 3 rings (SSSR count). The van der Waals surface area contributed by atoms with Crippen LogP contribution in [-0.4, -0.2) is 47.1 Å². The summed E-state index contributed by atoms with van der Waals surface area (Å²) in [5.41, 5.74) is 8.42. The van der Waals surface area contributed by atoms with Crippen molar-refractivity contribution >= 4 is 42.4 Å². The second-order valence-corrected chi connectivity index (χ2v) is 7.69. The van der Waals surface area contributed by atoms with Gasteiger partial charge in [-0.15, -0.1) is 24.8 Å². The molecule has 0 radical (unpaired) electrons. The highest BCUT2D eigenvalue weighted by molar-refractivity contribution is 5.90. The number of anilines is 1. The van der Waals surface area contributed by atoms with E-state index in [-0.39, 0.29) is 43.3 Å². The van der Waals surface area contributed by atoms with Crippen molar-refractivity contribution in [2.45, 2.75) is 38.4 Å². The second-order valence-electron chi connectivity index (χ2n) is 7.69. The molecule has 8 nitrogen and oxygen atoms in total. The number of aliphatic hydroxyl groups excluding tert-OH is 1. The van der Waals surface area contributed by atoms with E-state index in [1.165, 1.54) is 5.56 Å². The number of nitrogens with one attached hydrogen (secondary N) is 3. The Morgan fingerprint density at radius 3 is 2.59 bits per heavy atom. The van der Waals surface area contributed by atoms with E-state index in [2.05, 4.69) is 33.1 Å². The first-order valence-electron chi connectivity index (χ1n) is 10.1. The summed E-state index contributed by atoms with van der Waals surface area (Å²) in [5.74, 6) is 0.0502. The summed E-state index contributed by atoms with van der Waals surface area (Å²) in [6, 6.07) is 12.2. The Bertz CT molecular complexity index is 885. The monoisotopic (exact) mass is 483 g/mol. The Morgan fingerprint density at radius 1 is 1.22 bits per heavy atom. The van der Waals surface area contributed by atoms with Crippen LogP contribution in [0.15, 0.2) is 42.5 Å². The van der Waals surface area contributed by atoms with Gasteiger partial charge in [-0.05, 0) is 49.4 Å². The van der Waals surface area contributed by atoms with Gasteiger partial charge >= 0.3 is 0 Å². The molecule has 1 fully saturated rings. The van der Waals surface area contributed by atoms with E-state index in [0.29, 0.717) is 18.2 Å². The number of aliphatic hydroxyl groups is 1. The Morgan fingerprint density at radius 2 is 1.94 bits per heavy atom. The van der Waals surface area contributed by atoms with Crippen molar-refractivity contribution < 1.29 is 14.7 Å². The zero-order valence-electron chi connectivity index (χ0n) is 17.9. The maximum absolute atomic E-state index is 12.6. The molecular weight excluding hydrogens is 453 g/mol. The first-order valence-corrected chi connectivity index (χ1v) is 10.1. The maximum atomic E-state index is 12.6. The molecule has 2 aromatic rings. The van der Waals surface area contributed by atoms with Gasteiger partial charge < -0.3 is 26.8 Å². The van der Waals surface area contributed by atoms with E-state index in [9.17, 15) is 14.7 Å². The van der Waals surface area contributed by atoms with Gasteiger partial charge in [-0.1, -0.05) is 36.4 Å². The molecule has 1 aliphatic rings. The number of carbonyl (C=O) groups is 2. The number of halogens is 2. The lowest BCUT2D eigenvalue weighted by atomic mass is 9.96. The number of nitrogens with zero attached hydrogens (tertiary/aromatic N) is 1. The third-order valence-corrected chi connectivity index (χ3v) is 5.39. The lowest BCUT2D eigenvalue weighted by Gasteiger charge is -2.19. The zero-order chi connectivity index (χ0) is 21.5. The van der Waals surface area contributed by atoms with Crippen LogP contribution in [0.5, 0.6) is 0 Å². The lowest BCUT2D eigenvalue weighted by Crippen LogP contribution is -2.53. The van der Waals surface area contributed by atoms with E-state index in [0.717, 1.165) is 24.2 Å². The minimum atomic E-state index is -1.01. The number of rotatable bonds is 8. The molecule has 10 heteroatoms. The Kier molecular flexibility index (Phi) is 11.4. The predicted molar refractivity (Wildman–Crippen MR) is 129 cm³/mol. The number of nitrogens with two attached hydrogens (primary N) is 1. The van der Waals surface area contributed by atoms with Crippen LogP contribution in [0.1, 0.15) is 23.2 Å². The molecule has 0 unspecified atom stereocenters. The minimum Gasteiger partial charge on any atom is -0.394 e. The van der Waals surface area contributed by atoms with Crippen molar-refractivity contribution in [3.05, 3.63) is 59.3 Å². The van der Waals surface area contributed by atoms with Crippen LogP contribution in [0, 0.1) is 12.8 Å². The molecular formula is C22H31Cl2N5O3.